The molecule has 0 saturated carbocycles. The van der Waals surface area contributed by atoms with Gasteiger partial charge in [0.1, 0.15) is 17.3 Å². The molecule has 0 aliphatic rings. The minimum Gasteiger partial charge on any atom is -0.478 e. The van der Waals surface area contributed by atoms with Gasteiger partial charge in [-0.25, -0.2) is 13.6 Å². The van der Waals surface area contributed by atoms with Crippen molar-refractivity contribution in [3.05, 3.63) is 149 Å². The lowest BCUT2D eigenvalue weighted by Crippen LogP contribution is -2.28. The fourth-order valence-electron chi connectivity index (χ4n) is 5.34. The highest BCUT2D eigenvalue weighted by atomic mass is 19.1. The van der Waals surface area contributed by atoms with Crippen LogP contribution in [0, 0.1) is 11.6 Å². The van der Waals surface area contributed by atoms with Gasteiger partial charge in [0.05, 0.1) is 11.6 Å². The molecule has 0 spiro atoms. The summed E-state index contributed by atoms with van der Waals surface area (Å²) in [5.74, 6) is -2.01. The van der Waals surface area contributed by atoms with Crippen molar-refractivity contribution < 1.29 is 23.5 Å². The molecule has 2 N–H and O–H groups in total. The standard InChI is InChI=1S/C35H26F2N2O3/c1-21(23-9-11-24(12-10-23)35(41)42)38-34(40)33-20-27(25-4-2-6-28(36)18-25)19-30-14-13-29(39(30)33)17-22-8-15-31-26(16-22)5-3-7-32(31)37/h2-16,18-21H,17H2,1H3,(H,38,40)(H,41,42)/t21-/m0/s1. The average molecular weight is 561 g/mol. The van der Waals surface area contributed by atoms with Crippen LogP contribution in [0.2, 0.25) is 0 Å². The summed E-state index contributed by atoms with van der Waals surface area (Å²) in [5.41, 5.74) is 5.20. The Morgan fingerprint density at radius 3 is 2.38 bits per heavy atom. The maximum Gasteiger partial charge on any atom is 0.335 e. The van der Waals surface area contributed by atoms with E-state index in [4.69, 9.17) is 0 Å². The molecule has 7 heteroatoms. The summed E-state index contributed by atoms with van der Waals surface area (Å²) in [5, 5.41) is 13.6. The molecule has 0 saturated heterocycles. The Labute approximate surface area is 240 Å². The monoisotopic (exact) mass is 560 g/mol. The van der Waals surface area contributed by atoms with E-state index in [0.29, 0.717) is 28.6 Å². The van der Waals surface area contributed by atoms with Crippen molar-refractivity contribution >= 4 is 28.2 Å². The number of pyridine rings is 1. The fourth-order valence-corrected chi connectivity index (χ4v) is 5.34. The summed E-state index contributed by atoms with van der Waals surface area (Å²) < 4.78 is 30.2. The van der Waals surface area contributed by atoms with Crippen LogP contribution < -0.4 is 5.32 Å². The molecule has 208 valence electrons. The predicted octanol–water partition coefficient (Wildman–Crippen LogP) is 7.82. The van der Waals surface area contributed by atoms with Crippen molar-refractivity contribution in [2.45, 2.75) is 19.4 Å². The first-order valence-electron chi connectivity index (χ1n) is 13.5. The van der Waals surface area contributed by atoms with Crippen molar-refractivity contribution in [1.82, 2.24) is 9.72 Å². The first kappa shape index (κ1) is 26.9. The van der Waals surface area contributed by atoms with Gasteiger partial charge >= 0.3 is 5.97 Å². The number of aromatic nitrogens is 1. The average Bonchev–Trinajstić information content (AvgIpc) is 3.39. The Kier molecular flexibility index (Phi) is 7.00. The molecule has 2 aromatic heterocycles. The zero-order valence-electron chi connectivity index (χ0n) is 22.6. The molecule has 4 aromatic carbocycles. The smallest absolute Gasteiger partial charge is 0.335 e. The number of nitrogens with zero attached hydrogens (tertiary/aromatic N) is 1. The fraction of sp³-hybridized carbons (Fsp3) is 0.0857. The van der Waals surface area contributed by atoms with Crippen LogP contribution >= 0.6 is 0 Å². The molecule has 5 nitrogen and oxygen atoms in total. The second kappa shape index (κ2) is 10.9. The highest BCUT2D eigenvalue weighted by Gasteiger charge is 2.19. The molecule has 6 aromatic rings. The molecule has 1 atom stereocenters. The molecule has 1 amide bonds. The Bertz CT molecular complexity index is 1980. The normalized spacial score (nSPS) is 12.0. The lowest BCUT2D eigenvalue weighted by Gasteiger charge is -2.18. The van der Waals surface area contributed by atoms with Crippen LogP contribution in [0.1, 0.15) is 50.6 Å². The van der Waals surface area contributed by atoms with Gasteiger partial charge < -0.3 is 14.8 Å². The number of hydrogen-bond acceptors (Lipinski definition) is 2. The number of fused-ring (bicyclic) bond motifs is 2. The van der Waals surface area contributed by atoms with E-state index >= 15 is 0 Å². The Hall–Kier alpha value is -5.30. The summed E-state index contributed by atoms with van der Waals surface area (Å²) in [4.78, 5) is 25.1. The lowest BCUT2D eigenvalue weighted by atomic mass is 10.0. The van der Waals surface area contributed by atoms with Gasteiger partial charge in [0.15, 0.2) is 0 Å². The number of rotatable bonds is 7. The number of amides is 1. The second-order valence-corrected chi connectivity index (χ2v) is 10.3. The highest BCUT2D eigenvalue weighted by molar-refractivity contribution is 5.96. The van der Waals surface area contributed by atoms with Gasteiger partial charge in [-0.2, -0.15) is 0 Å². The van der Waals surface area contributed by atoms with Crippen LogP contribution in [-0.4, -0.2) is 21.4 Å². The highest BCUT2D eigenvalue weighted by Crippen LogP contribution is 2.28. The number of carboxylic acids is 1. The summed E-state index contributed by atoms with van der Waals surface area (Å²) in [6.07, 6.45) is 0.492. The number of nitrogens with one attached hydrogen (secondary N) is 1. The molecule has 0 fully saturated rings. The van der Waals surface area contributed by atoms with Gasteiger partial charge in [-0.3, -0.25) is 4.79 Å². The van der Waals surface area contributed by atoms with Crippen LogP contribution in [0.25, 0.3) is 27.4 Å². The van der Waals surface area contributed by atoms with Crippen molar-refractivity contribution in [1.29, 1.82) is 0 Å². The molecule has 0 aliphatic carbocycles. The summed E-state index contributed by atoms with van der Waals surface area (Å²) >= 11 is 0. The predicted molar refractivity (Wildman–Crippen MR) is 159 cm³/mol. The zero-order valence-corrected chi connectivity index (χ0v) is 22.6. The number of aromatic carboxylic acids is 1. The van der Waals surface area contributed by atoms with Crippen molar-refractivity contribution in [3.8, 4) is 11.1 Å². The van der Waals surface area contributed by atoms with E-state index in [1.54, 1.807) is 42.5 Å². The summed E-state index contributed by atoms with van der Waals surface area (Å²) in [6, 6.07) is 30.3. The largest absolute Gasteiger partial charge is 0.478 e. The quantitative estimate of drug-likeness (QED) is 0.209. The number of carbonyl (C=O) groups is 2. The minimum absolute atomic E-state index is 0.162. The van der Waals surface area contributed by atoms with E-state index in [1.165, 1.54) is 30.3 Å². The maximum absolute atomic E-state index is 14.2. The Morgan fingerprint density at radius 2 is 1.62 bits per heavy atom. The van der Waals surface area contributed by atoms with Crippen molar-refractivity contribution in [2.24, 2.45) is 0 Å². The van der Waals surface area contributed by atoms with Gasteiger partial charge in [0.2, 0.25) is 0 Å². The molecule has 0 aliphatic heterocycles. The van der Waals surface area contributed by atoms with Gasteiger partial charge in [-0.05, 0) is 89.2 Å². The molecule has 0 unspecified atom stereocenters. The van der Waals surface area contributed by atoms with E-state index in [0.717, 1.165) is 27.7 Å². The van der Waals surface area contributed by atoms with Crippen LogP contribution in [0.4, 0.5) is 8.78 Å². The maximum atomic E-state index is 14.2. The Balaban J connectivity index is 1.40. The third-order valence-electron chi connectivity index (χ3n) is 7.50. The van der Waals surface area contributed by atoms with E-state index in [1.807, 2.05) is 47.7 Å². The molecule has 0 radical (unpaired) electrons. The number of benzene rings is 4. The lowest BCUT2D eigenvalue weighted by molar-refractivity contribution is 0.0696. The number of carbonyl (C=O) groups excluding carboxylic acids is 1. The molecular formula is C35H26F2N2O3. The molecular weight excluding hydrogens is 534 g/mol. The van der Waals surface area contributed by atoms with Gasteiger partial charge in [0.25, 0.3) is 5.91 Å². The van der Waals surface area contributed by atoms with Crippen molar-refractivity contribution in [3.63, 3.8) is 0 Å². The summed E-state index contributed by atoms with van der Waals surface area (Å²) in [7, 11) is 0. The third kappa shape index (κ3) is 5.24. The second-order valence-electron chi connectivity index (χ2n) is 10.3. The van der Waals surface area contributed by atoms with Crippen LogP contribution in [-0.2, 0) is 6.42 Å². The SMILES string of the molecule is C[C@H](NC(=O)c1cc(-c2cccc(F)c2)cc2ccc(Cc3ccc4c(F)cccc4c3)n12)c1ccc(C(=O)O)cc1. The van der Waals surface area contributed by atoms with Crippen LogP contribution in [0.5, 0.6) is 0 Å². The zero-order chi connectivity index (χ0) is 29.4. The van der Waals surface area contributed by atoms with E-state index in [2.05, 4.69) is 5.32 Å². The van der Waals surface area contributed by atoms with E-state index in [9.17, 15) is 23.5 Å². The van der Waals surface area contributed by atoms with Crippen LogP contribution in [0.15, 0.2) is 109 Å². The molecule has 42 heavy (non-hydrogen) atoms. The first-order chi connectivity index (χ1) is 20.3. The van der Waals surface area contributed by atoms with Crippen LogP contribution in [0.3, 0.4) is 0 Å². The molecule has 0 bridgehead atoms. The number of carboxylic acid groups (broad SMARTS) is 1. The first-order valence-corrected chi connectivity index (χ1v) is 13.5. The Morgan fingerprint density at radius 1 is 0.833 bits per heavy atom. The number of halogens is 2. The van der Waals surface area contributed by atoms with Gasteiger partial charge in [-0.15, -0.1) is 0 Å². The molecule has 6 rings (SSSR count). The van der Waals surface area contributed by atoms with Gasteiger partial charge in [-0.1, -0.05) is 54.6 Å². The number of hydrogen-bond donors (Lipinski definition) is 2. The topological polar surface area (TPSA) is 70.8 Å². The van der Waals surface area contributed by atoms with E-state index < -0.39 is 12.0 Å². The van der Waals surface area contributed by atoms with Gasteiger partial charge in [0, 0.05) is 23.0 Å². The van der Waals surface area contributed by atoms with Crippen molar-refractivity contribution in [2.75, 3.05) is 0 Å². The third-order valence-corrected chi connectivity index (χ3v) is 7.50. The minimum atomic E-state index is -1.02. The summed E-state index contributed by atoms with van der Waals surface area (Å²) in [6.45, 7) is 1.83. The van der Waals surface area contributed by atoms with E-state index in [-0.39, 0.29) is 23.1 Å². The molecule has 2 heterocycles.